The molecule has 1 aliphatic heterocycles. The summed E-state index contributed by atoms with van der Waals surface area (Å²) in [5.74, 6) is -2.99. The molecule has 5 rings (SSSR count). The smallest absolute Gasteiger partial charge is 0.224 e. The fourth-order valence-corrected chi connectivity index (χ4v) is 4.58. The van der Waals surface area contributed by atoms with Gasteiger partial charge in [-0.1, -0.05) is 35.5 Å². The second-order valence-electron chi connectivity index (χ2n) is 8.90. The molecule has 1 amide bonds. The molecule has 37 heavy (non-hydrogen) atoms. The zero-order chi connectivity index (χ0) is 26.1. The van der Waals surface area contributed by atoms with E-state index in [9.17, 15) is 18.0 Å². The van der Waals surface area contributed by atoms with Crippen LogP contribution in [0.5, 0.6) is 5.75 Å². The Hall–Kier alpha value is -4.18. The molecule has 1 aliphatic rings. The lowest BCUT2D eigenvalue weighted by Crippen LogP contribution is -2.36. The van der Waals surface area contributed by atoms with Crippen molar-refractivity contribution < 1.29 is 22.7 Å². The molecule has 4 aromatic rings. The van der Waals surface area contributed by atoms with E-state index >= 15 is 0 Å². The number of ether oxygens (including phenoxy) is 1. The molecule has 10 heteroatoms. The van der Waals surface area contributed by atoms with E-state index in [1.165, 1.54) is 0 Å². The summed E-state index contributed by atoms with van der Waals surface area (Å²) in [7, 11) is 1.57. The van der Waals surface area contributed by atoms with Crippen molar-refractivity contribution in [2.45, 2.75) is 32.0 Å². The number of amides is 1. The molecule has 0 bridgehead atoms. The summed E-state index contributed by atoms with van der Waals surface area (Å²) in [5, 5.41) is 8.80. The number of hydrogen-bond donors (Lipinski definition) is 1. The van der Waals surface area contributed by atoms with Gasteiger partial charge in [-0.2, -0.15) is 0 Å². The number of fused-ring (bicyclic) bond motifs is 3. The van der Waals surface area contributed by atoms with Crippen LogP contribution in [0.2, 0.25) is 0 Å². The van der Waals surface area contributed by atoms with Crippen LogP contribution in [0.1, 0.15) is 23.2 Å². The van der Waals surface area contributed by atoms with Crippen LogP contribution in [0.15, 0.2) is 60.7 Å². The highest BCUT2D eigenvalue weighted by Gasteiger charge is 2.29. The molecule has 0 fully saturated rings. The quantitative estimate of drug-likeness (QED) is 0.396. The summed E-state index contributed by atoms with van der Waals surface area (Å²) < 4.78 is 48.2. The Morgan fingerprint density at radius 1 is 1.03 bits per heavy atom. The van der Waals surface area contributed by atoms with Crippen LogP contribution in [0, 0.1) is 17.5 Å². The number of hydrogen-bond acceptors (Lipinski definition) is 5. The Kier molecular flexibility index (Phi) is 6.66. The molecule has 190 valence electrons. The maximum absolute atomic E-state index is 14.1. The molecule has 0 saturated heterocycles. The van der Waals surface area contributed by atoms with Crippen LogP contribution in [-0.2, 0) is 24.3 Å². The van der Waals surface area contributed by atoms with Crippen molar-refractivity contribution in [1.29, 1.82) is 0 Å². The average molecular weight is 508 g/mol. The third-order valence-electron chi connectivity index (χ3n) is 6.41. The average Bonchev–Trinajstić information content (AvgIpc) is 3.22. The molecular weight excluding hydrogens is 483 g/mol. The van der Waals surface area contributed by atoms with Crippen LogP contribution >= 0.6 is 0 Å². The highest BCUT2D eigenvalue weighted by Crippen LogP contribution is 2.34. The van der Waals surface area contributed by atoms with E-state index in [1.807, 2.05) is 48.5 Å². The lowest BCUT2D eigenvalue weighted by Gasteiger charge is -2.23. The molecule has 2 heterocycles. The van der Waals surface area contributed by atoms with Gasteiger partial charge in [0.1, 0.15) is 17.3 Å². The molecule has 2 N–H and O–H groups in total. The van der Waals surface area contributed by atoms with Gasteiger partial charge in [0.2, 0.25) is 5.91 Å². The first-order chi connectivity index (χ1) is 17.9. The standard InChI is InChI=1S/C27H24F3N5O2/c1-37-25-9-5-3-7-19(25)27-24-15-34(14-16-6-2-4-8-23(16)35(24)33-32-27)26(36)12-18(31)10-17-11-21(29)22(30)13-20(17)28/h2-9,11,13,18H,10,12,14-15,31H2,1H3/t18-/m1/s1. The lowest BCUT2D eigenvalue weighted by molar-refractivity contribution is -0.132. The molecule has 0 radical (unpaired) electrons. The van der Waals surface area contributed by atoms with Crippen LogP contribution in [0.25, 0.3) is 16.9 Å². The molecule has 1 atom stereocenters. The van der Waals surface area contributed by atoms with Gasteiger partial charge in [-0.3, -0.25) is 4.79 Å². The van der Waals surface area contributed by atoms with Gasteiger partial charge in [0, 0.05) is 30.6 Å². The van der Waals surface area contributed by atoms with Crippen LogP contribution < -0.4 is 10.5 Å². The van der Waals surface area contributed by atoms with E-state index in [0.29, 0.717) is 29.7 Å². The maximum atomic E-state index is 14.1. The van der Waals surface area contributed by atoms with Crippen LogP contribution in [0.3, 0.4) is 0 Å². The lowest BCUT2D eigenvalue weighted by atomic mass is 10.0. The maximum Gasteiger partial charge on any atom is 0.224 e. The van der Waals surface area contributed by atoms with Crippen LogP contribution in [0.4, 0.5) is 13.2 Å². The van der Waals surface area contributed by atoms with E-state index in [0.717, 1.165) is 22.9 Å². The molecule has 0 saturated carbocycles. The van der Waals surface area contributed by atoms with Gasteiger partial charge >= 0.3 is 0 Å². The van der Waals surface area contributed by atoms with Crippen molar-refractivity contribution >= 4 is 5.91 Å². The Morgan fingerprint density at radius 3 is 2.57 bits per heavy atom. The number of nitrogens with two attached hydrogens (primary N) is 1. The summed E-state index contributed by atoms with van der Waals surface area (Å²) in [6.45, 7) is 0.496. The van der Waals surface area contributed by atoms with Gasteiger partial charge in [-0.15, -0.1) is 5.10 Å². The van der Waals surface area contributed by atoms with Crippen molar-refractivity contribution in [2.75, 3.05) is 7.11 Å². The zero-order valence-electron chi connectivity index (χ0n) is 20.0. The van der Waals surface area contributed by atoms with Crippen LogP contribution in [-0.4, -0.2) is 39.0 Å². The Bertz CT molecular complexity index is 1470. The van der Waals surface area contributed by atoms with Gasteiger partial charge in [-0.05, 0) is 41.8 Å². The monoisotopic (exact) mass is 507 g/mol. The van der Waals surface area contributed by atoms with Crippen molar-refractivity contribution in [3.63, 3.8) is 0 Å². The first-order valence-electron chi connectivity index (χ1n) is 11.7. The molecule has 3 aromatic carbocycles. The molecule has 0 aliphatic carbocycles. The fourth-order valence-electron chi connectivity index (χ4n) is 4.58. The fraction of sp³-hybridized carbons (Fsp3) is 0.222. The number of methoxy groups -OCH3 is 1. The highest BCUT2D eigenvalue weighted by atomic mass is 19.2. The number of carbonyl (C=O) groups is 1. The molecule has 0 unspecified atom stereocenters. The van der Waals surface area contributed by atoms with Gasteiger partial charge in [0.05, 0.1) is 25.0 Å². The minimum Gasteiger partial charge on any atom is -0.496 e. The van der Waals surface area contributed by atoms with Crippen molar-refractivity contribution in [3.8, 4) is 22.7 Å². The van der Waals surface area contributed by atoms with Crippen molar-refractivity contribution in [2.24, 2.45) is 5.73 Å². The molecule has 1 aromatic heterocycles. The first kappa shape index (κ1) is 24.5. The highest BCUT2D eigenvalue weighted by molar-refractivity contribution is 5.78. The van der Waals surface area contributed by atoms with Gasteiger partial charge < -0.3 is 15.4 Å². The Labute approximate surface area is 211 Å². The van der Waals surface area contributed by atoms with Crippen molar-refractivity contribution in [1.82, 2.24) is 19.9 Å². The van der Waals surface area contributed by atoms with E-state index in [-0.39, 0.29) is 30.9 Å². The summed E-state index contributed by atoms with van der Waals surface area (Å²) in [4.78, 5) is 15.1. The Balaban J connectivity index is 1.45. The number of benzene rings is 3. The number of para-hydroxylation sites is 2. The van der Waals surface area contributed by atoms with E-state index < -0.39 is 23.5 Å². The van der Waals surface area contributed by atoms with Gasteiger partial charge in [0.25, 0.3) is 0 Å². The topological polar surface area (TPSA) is 86.3 Å². The third-order valence-corrected chi connectivity index (χ3v) is 6.41. The molecular formula is C27H24F3N5O2. The van der Waals surface area contributed by atoms with Gasteiger partial charge in [0.15, 0.2) is 11.6 Å². The predicted octanol–water partition coefficient (Wildman–Crippen LogP) is 4.16. The van der Waals surface area contributed by atoms with E-state index in [2.05, 4.69) is 10.3 Å². The number of aromatic nitrogens is 3. The number of carbonyl (C=O) groups excluding carboxylic acids is 1. The normalized spacial score (nSPS) is 13.5. The second kappa shape index (κ2) is 10.1. The van der Waals surface area contributed by atoms with Gasteiger partial charge in [-0.25, -0.2) is 17.9 Å². The number of nitrogens with zero attached hydrogens (tertiary/aromatic N) is 4. The summed E-state index contributed by atoms with van der Waals surface area (Å²) >= 11 is 0. The SMILES string of the molecule is COc1ccccc1-c1nnn2c1CN(C(=O)C[C@H](N)Cc1cc(F)c(F)cc1F)Cc1ccccc1-2. The largest absolute Gasteiger partial charge is 0.496 e. The minimum absolute atomic E-state index is 0.0823. The summed E-state index contributed by atoms with van der Waals surface area (Å²) in [5.41, 5.74) is 9.77. The molecule has 0 spiro atoms. The van der Waals surface area contributed by atoms with E-state index in [4.69, 9.17) is 10.5 Å². The third kappa shape index (κ3) is 4.79. The van der Waals surface area contributed by atoms with E-state index in [1.54, 1.807) is 16.7 Å². The predicted molar refractivity (Wildman–Crippen MR) is 130 cm³/mol. The number of halogens is 3. The Morgan fingerprint density at radius 2 is 1.76 bits per heavy atom. The first-order valence-corrected chi connectivity index (χ1v) is 11.7. The number of rotatable bonds is 6. The molecule has 7 nitrogen and oxygen atoms in total. The second-order valence-corrected chi connectivity index (χ2v) is 8.90. The minimum atomic E-state index is -1.27. The summed E-state index contributed by atoms with van der Waals surface area (Å²) in [6.07, 6.45) is -0.239. The van der Waals surface area contributed by atoms with Crippen molar-refractivity contribution in [3.05, 3.63) is 94.9 Å². The summed E-state index contributed by atoms with van der Waals surface area (Å²) in [6, 6.07) is 15.5. The zero-order valence-corrected chi connectivity index (χ0v) is 20.0.